The van der Waals surface area contributed by atoms with Crippen molar-refractivity contribution >= 4 is 23.2 Å². The van der Waals surface area contributed by atoms with E-state index in [0.29, 0.717) is 35.9 Å². The lowest BCUT2D eigenvalue weighted by Gasteiger charge is -2.35. The number of piperazine rings is 1. The van der Waals surface area contributed by atoms with Gasteiger partial charge in [0.05, 0.1) is 0 Å². The summed E-state index contributed by atoms with van der Waals surface area (Å²) >= 11 is 6.10. The molecule has 1 saturated heterocycles. The zero-order chi connectivity index (χ0) is 18.0. The standard InChI is InChI=1S/C19H21ClFN3O/c1-13-2-5-16(22)11-17(13)19(25)24-8-6-23(7-9-24)12-14-3-4-15(21)10-18(14)20/h2-5,10-11H,6-9,12,22H2,1H3. The van der Waals surface area contributed by atoms with Crippen molar-refractivity contribution in [2.24, 2.45) is 0 Å². The van der Waals surface area contributed by atoms with Crippen molar-refractivity contribution in [2.75, 3.05) is 31.9 Å². The molecule has 2 aromatic rings. The Morgan fingerprint density at radius 1 is 1.16 bits per heavy atom. The number of carbonyl (C=O) groups excluding carboxylic acids is 1. The van der Waals surface area contributed by atoms with Crippen LogP contribution in [-0.2, 0) is 6.54 Å². The fourth-order valence-corrected chi connectivity index (χ4v) is 3.27. The minimum atomic E-state index is -0.332. The zero-order valence-electron chi connectivity index (χ0n) is 14.1. The van der Waals surface area contributed by atoms with E-state index in [9.17, 15) is 9.18 Å². The Balaban J connectivity index is 1.61. The molecule has 0 atom stereocenters. The van der Waals surface area contributed by atoms with Crippen molar-refractivity contribution in [3.63, 3.8) is 0 Å². The Morgan fingerprint density at radius 2 is 1.88 bits per heavy atom. The van der Waals surface area contributed by atoms with Crippen LogP contribution in [0.1, 0.15) is 21.5 Å². The molecule has 1 heterocycles. The van der Waals surface area contributed by atoms with E-state index in [4.69, 9.17) is 17.3 Å². The number of carbonyl (C=O) groups is 1. The molecule has 0 spiro atoms. The van der Waals surface area contributed by atoms with Crippen molar-refractivity contribution in [3.8, 4) is 0 Å². The Morgan fingerprint density at radius 3 is 2.56 bits per heavy atom. The lowest BCUT2D eigenvalue weighted by molar-refractivity contribution is 0.0628. The maximum atomic E-state index is 13.1. The number of hydrogen-bond donors (Lipinski definition) is 1. The fourth-order valence-electron chi connectivity index (χ4n) is 3.04. The average Bonchev–Trinajstić information content (AvgIpc) is 2.59. The molecule has 1 fully saturated rings. The smallest absolute Gasteiger partial charge is 0.254 e. The molecule has 132 valence electrons. The number of benzene rings is 2. The van der Waals surface area contributed by atoms with Gasteiger partial charge in [-0.3, -0.25) is 9.69 Å². The van der Waals surface area contributed by atoms with Crippen molar-refractivity contribution < 1.29 is 9.18 Å². The summed E-state index contributed by atoms with van der Waals surface area (Å²) in [6.45, 7) is 5.36. The molecule has 0 unspecified atom stereocenters. The molecule has 2 N–H and O–H groups in total. The molecule has 2 aromatic carbocycles. The highest BCUT2D eigenvalue weighted by Crippen LogP contribution is 2.21. The molecule has 1 aliphatic rings. The molecule has 4 nitrogen and oxygen atoms in total. The summed E-state index contributed by atoms with van der Waals surface area (Å²) in [5, 5.41) is 0.439. The maximum Gasteiger partial charge on any atom is 0.254 e. The number of nitrogen functional groups attached to an aromatic ring is 1. The van der Waals surface area contributed by atoms with Gasteiger partial charge in [-0.05, 0) is 42.3 Å². The van der Waals surface area contributed by atoms with E-state index in [0.717, 1.165) is 24.2 Å². The second kappa shape index (κ2) is 7.42. The van der Waals surface area contributed by atoms with Crippen LogP contribution in [0.5, 0.6) is 0 Å². The molecule has 6 heteroatoms. The van der Waals surface area contributed by atoms with Gasteiger partial charge in [0.15, 0.2) is 0 Å². The number of rotatable bonds is 3. The number of hydrogen-bond acceptors (Lipinski definition) is 3. The van der Waals surface area contributed by atoms with E-state index in [1.807, 2.05) is 17.9 Å². The molecular weight excluding hydrogens is 341 g/mol. The first kappa shape index (κ1) is 17.7. The van der Waals surface area contributed by atoms with Crippen molar-refractivity contribution in [1.82, 2.24) is 9.80 Å². The summed E-state index contributed by atoms with van der Waals surface area (Å²) in [5.74, 6) is -0.314. The second-order valence-corrected chi connectivity index (χ2v) is 6.79. The van der Waals surface area contributed by atoms with E-state index in [1.54, 1.807) is 18.2 Å². The molecule has 1 amide bonds. The lowest BCUT2D eigenvalue weighted by atomic mass is 10.1. The Labute approximate surface area is 152 Å². The van der Waals surface area contributed by atoms with Crippen LogP contribution in [0.3, 0.4) is 0 Å². The summed E-state index contributed by atoms with van der Waals surface area (Å²) < 4.78 is 13.1. The van der Waals surface area contributed by atoms with E-state index in [1.165, 1.54) is 12.1 Å². The normalized spacial score (nSPS) is 15.4. The first-order valence-corrected chi connectivity index (χ1v) is 8.63. The highest BCUT2D eigenvalue weighted by atomic mass is 35.5. The Bertz CT molecular complexity index is 788. The van der Waals surface area contributed by atoms with Gasteiger partial charge >= 0.3 is 0 Å². The van der Waals surface area contributed by atoms with Gasteiger partial charge in [0.2, 0.25) is 0 Å². The average molecular weight is 362 g/mol. The van der Waals surface area contributed by atoms with Gasteiger partial charge in [-0.25, -0.2) is 4.39 Å². The van der Waals surface area contributed by atoms with Crippen LogP contribution in [0.15, 0.2) is 36.4 Å². The lowest BCUT2D eigenvalue weighted by Crippen LogP contribution is -2.48. The SMILES string of the molecule is Cc1ccc(N)cc1C(=O)N1CCN(Cc2ccc(F)cc2Cl)CC1. The van der Waals surface area contributed by atoms with Crippen LogP contribution < -0.4 is 5.73 Å². The van der Waals surface area contributed by atoms with Gasteiger partial charge in [0.1, 0.15) is 5.82 Å². The molecule has 0 aromatic heterocycles. The first-order valence-electron chi connectivity index (χ1n) is 8.26. The van der Waals surface area contributed by atoms with Gasteiger partial charge in [0, 0.05) is 49.0 Å². The van der Waals surface area contributed by atoms with Crippen LogP contribution in [0.4, 0.5) is 10.1 Å². The summed E-state index contributed by atoms with van der Waals surface area (Å²) in [6.07, 6.45) is 0. The molecule has 0 radical (unpaired) electrons. The van der Waals surface area contributed by atoms with Crippen molar-refractivity contribution in [1.29, 1.82) is 0 Å². The van der Waals surface area contributed by atoms with Gasteiger partial charge in [0.25, 0.3) is 5.91 Å². The van der Waals surface area contributed by atoms with E-state index in [-0.39, 0.29) is 11.7 Å². The van der Waals surface area contributed by atoms with Crippen LogP contribution in [-0.4, -0.2) is 41.9 Å². The highest BCUT2D eigenvalue weighted by Gasteiger charge is 2.23. The molecule has 3 rings (SSSR count). The number of aryl methyl sites for hydroxylation is 1. The van der Waals surface area contributed by atoms with E-state index < -0.39 is 0 Å². The van der Waals surface area contributed by atoms with Gasteiger partial charge in [-0.2, -0.15) is 0 Å². The number of amides is 1. The topological polar surface area (TPSA) is 49.6 Å². The largest absolute Gasteiger partial charge is 0.399 e. The minimum Gasteiger partial charge on any atom is -0.399 e. The van der Waals surface area contributed by atoms with E-state index in [2.05, 4.69) is 4.90 Å². The highest BCUT2D eigenvalue weighted by molar-refractivity contribution is 6.31. The number of anilines is 1. The van der Waals surface area contributed by atoms with E-state index >= 15 is 0 Å². The van der Waals surface area contributed by atoms with Crippen LogP contribution in [0.2, 0.25) is 5.02 Å². The van der Waals surface area contributed by atoms with Crippen LogP contribution in [0.25, 0.3) is 0 Å². The first-order chi connectivity index (χ1) is 11.9. The molecule has 0 bridgehead atoms. The zero-order valence-corrected chi connectivity index (χ0v) is 14.9. The predicted molar refractivity (Wildman–Crippen MR) is 98.2 cm³/mol. The third-order valence-electron chi connectivity index (χ3n) is 4.56. The monoisotopic (exact) mass is 361 g/mol. The summed E-state index contributed by atoms with van der Waals surface area (Å²) in [5.41, 5.74) is 8.90. The molecule has 25 heavy (non-hydrogen) atoms. The summed E-state index contributed by atoms with van der Waals surface area (Å²) in [4.78, 5) is 16.8. The number of halogens is 2. The van der Waals surface area contributed by atoms with Crippen LogP contribution in [0, 0.1) is 12.7 Å². The number of nitrogens with zero attached hydrogens (tertiary/aromatic N) is 2. The van der Waals surface area contributed by atoms with Gasteiger partial charge in [-0.1, -0.05) is 23.7 Å². The predicted octanol–water partition coefficient (Wildman–Crippen LogP) is 3.33. The Hall–Kier alpha value is -2.11. The van der Waals surface area contributed by atoms with Gasteiger partial charge in [-0.15, -0.1) is 0 Å². The molecule has 0 saturated carbocycles. The van der Waals surface area contributed by atoms with Crippen molar-refractivity contribution in [3.05, 3.63) is 63.9 Å². The van der Waals surface area contributed by atoms with Crippen molar-refractivity contribution in [2.45, 2.75) is 13.5 Å². The minimum absolute atomic E-state index is 0.0178. The summed E-state index contributed by atoms with van der Waals surface area (Å²) in [6, 6.07) is 9.88. The molecular formula is C19H21ClFN3O. The number of nitrogens with two attached hydrogens (primary N) is 1. The maximum absolute atomic E-state index is 13.1. The third-order valence-corrected chi connectivity index (χ3v) is 4.91. The molecule has 0 aliphatic carbocycles. The Kier molecular flexibility index (Phi) is 5.25. The third kappa shape index (κ3) is 4.11. The summed E-state index contributed by atoms with van der Waals surface area (Å²) in [7, 11) is 0. The van der Waals surface area contributed by atoms with Crippen LogP contribution >= 0.6 is 11.6 Å². The van der Waals surface area contributed by atoms with Gasteiger partial charge < -0.3 is 10.6 Å². The second-order valence-electron chi connectivity index (χ2n) is 6.38. The fraction of sp³-hybridized carbons (Fsp3) is 0.316. The molecule has 1 aliphatic heterocycles. The quantitative estimate of drug-likeness (QED) is 0.853.